The minimum atomic E-state index is -4.08. The number of benzene rings is 1. The Labute approximate surface area is 124 Å². The van der Waals surface area contributed by atoms with E-state index in [1.807, 2.05) is 6.07 Å². The SMILES string of the molecule is N#Cc1ccc(NS(=O)(=O)c2ccc(C(=O)O)o2)cc1Cl. The second-order valence-electron chi connectivity index (χ2n) is 3.84. The summed E-state index contributed by atoms with van der Waals surface area (Å²) in [6.45, 7) is 0. The summed E-state index contributed by atoms with van der Waals surface area (Å²) in [7, 11) is -4.08. The molecule has 0 saturated heterocycles. The van der Waals surface area contributed by atoms with Gasteiger partial charge in [0.25, 0.3) is 10.0 Å². The van der Waals surface area contributed by atoms with Crippen LogP contribution in [0.15, 0.2) is 39.8 Å². The summed E-state index contributed by atoms with van der Waals surface area (Å²) in [6.07, 6.45) is 0. The van der Waals surface area contributed by atoms with Gasteiger partial charge in [-0.2, -0.15) is 13.7 Å². The molecular weight excluding hydrogens is 320 g/mol. The van der Waals surface area contributed by atoms with Crippen molar-refractivity contribution in [3.8, 4) is 6.07 Å². The fourth-order valence-corrected chi connectivity index (χ4v) is 2.66. The Morgan fingerprint density at radius 2 is 2.05 bits per heavy atom. The molecule has 0 amide bonds. The first-order chi connectivity index (χ1) is 9.83. The molecule has 0 atom stereocenters. The molecule has 9 heteroatoms. The van der Waals surface area contributed by atoms with Gasteiger partial charge in [-0.15, -0.1) is 0 Å². The minimum Gasteiger partial charge on any atom is -0.475 e. The van der Waals surface area contributed by atoms with Gasteiger partial charge in [0.1, 0.15) is 6.07 Å². The number of nitrogens with one attached hydrogen (secondary N) is 1. The molecule has 0 spiro atoms. The number of hydrogen-bond acceptors (Lipinski definition) is 5. The van der Waals surface area contributed by atoms with Gasteiger partial charge in [0.15, 0.2) is 0 Å². The Morgan fingerprint density at radius 3 is 2.57 bits per heavy atom. The zero-order valence-corrected chi connectivity index (χ0v) is 11.8. The van der Waals surface area contributed by atoms with Crippen LogP contribution in [0, 0.1) is 11.3 Å². The van der Waals surface area contributed by atoms with Crippen molar-refractivity contribution in [3.05, 3.63) is 46.7 Å². The zero-order chi connectivity index (χ0) is 15.6. The Hall–Kier alpha value is -2.50. The molecule has 2 N–H and O–H groups in total. The van der Waals surface area contributed by atoms with Crippen molar-refractivity contribution in [1.82, 2.24) is 0 Å². The second kappa shape index (κ2) is 5.47. The van der Waals surface area contributed by atoms with Crippen molar-refractivity contribution in [2.45, 2.75) is 5.09 Å². The maximum atomic E-state index is 12.0. The number of furan rings is 1. The maximum Gasteiger partial charge on any atom is 0.371 e. The van der Waals surface area contributed by atoms with Crippen LogP contribution in [-0.2, 0) is 10.0 Å². The van der Waals surface area contributed by atoms with E-state index < -0.39 is 26.8 Å². The van der Waals surface area contributed by atoms with Crippen LogP contribution in [0.1, 0.15) is 16.1 Å². The topological polar surface area (TPSA) is 120 Å². The molecule has 1 heterocycles. The molecular formula is C12H7ClN2O5S. The molecule has 0 aliphatic carbocycles. The van der Waals surface area contributed by atoms with E-state index in [9.17, 15) is 13.2 Å². The van der Waals surface area contributed by atoms with Crippen molar-refractivity contribution >= 4 is 33.3 Å². The molecule has 0 fully saturated rings. The normalized spacial score (nSPS) is 10.9. The molecule has 0 aliphatic heterocycles. The number of nitrogens with zero attached hydrogens (tertiary/aromatic N) is 1. The Morgan fingerprint density at radius 1 is 1.33 bits per heavy atom. The summed E-state index contributed by atoms with van der Waals surface area (Å²) in [4.78, 5) is 10.7. The van der Waals surface area contributed by atoms with Crippen molar-refractivity contribution in [2.24, 2.45) is 0 Å². The van der Waals surface area contributed by atoms with Gasteiger partial charge < -0.3 is 9.52 Å². The van der Waals surface area contributed by atoms with Crippen LogP contribution in [0.2, 0.25) is 5.02 Å². The Bertz CT molecular complexity index is 851. The number of halogens is 1. The van der Waals surface area contributed by atoms with E-state index in [0.29, 0.717) is 0 Å². The lowest BCUT2D eigenvalue weighted by molar-refractivity contribution is 0.0656. The summed E-state index contributed by atoms with van der Waals surface area (Å²) in [6, 6.07) is 7.86. The fraction of sp³-hybridized carbons (Fsp3) is 0. The predicted octanol–water partition coefficient (Wildman–Crippen LogP) is 2.30. The Kier molecular flexibility index (Phi) is 3.88. The average molecular weight is 327 g/mol. The molecule has 0 saturated carbocycles. The van der Waals surface area contributed by atoms with Crippen LogP contribution in [0.25, 0.3) is 0 Å². The molecule has 0 aliphatic rings. The number of carboxylic acid groups (broad SMARTS) is 1. The smallest absolute Gasteiger partial charge is 0.371 e. The highest BCUT2D eigenvalue weighted by Gasteiger charge is 2.21. The fourth-order valence-electron chi connectivity index (χ4n) is 1.45. The Balaban J connectivity index is 2.31. The minimum absolute atomic E-state index is 0.0865. The third kappa shape index (κ3) is 3.16. The summed E-state index contributed by atoms with van der Waals surface area (Å²) < 4.78 is 30.9. The lowest BCUT2D eigenvalue weighted by Gasteiger charge is -2.06. The highest BCUT2D eigenvalue weighted by molar-refractivity contribution is 7.92. The van der Waals surface area contributed by atoms with Crippen molar-refractivity contribution in [3.63, 3.8) is 0 Å². The molecule has 0 unspecified atom stereocenters. The summed E-state index contributed by atoms with van der Waals surface area (Å²) >= 11 is 5.79. The van der Waals surface area contributed by atoms with E-state index in [1.165, 1.54) is 18.2 Å². The highest BCUT2D eigenvalue weighted by atomic mass is 35.5. The first-order valence-electron chi connectivity index (χ1n) is 5.39. The van der Waals surface area contributed by atoms with Gasteiger partial charge in [-0.3, -0.25) is 4.72 Å². The van der Waals surface area contributed by atoms with Gasteiger partial charge in [0.05, 0.1) is 16.3 Å². The molecule has 0 bridgehead atoms. The monoisotopic (exact) mass is 326 g/mol. The van der Waals surface area contributed by atoms with Crippen molar-refractivity contribution in [2.75, 3.05) is 4.72 Å². The first-order valence-corrected chi connectivity index (χ1v) is 7.25. The number of rotatable bonds is 4. The summed E-state index contributed by atoms with van der Waals surface area (Å²) in [5.74, 6) is -1.87. The van der Waals surface area contributed by atoms with E-state index in [-0.39, 0.29) is 16.3 Å². The van der Waals surface area contributed by atoms with E-state index in [1.54, 1.807) is 0 Å². The zero-order valence-electron chi connectivity index (χ0n) is 10.2. The molecule has 2 rings (SSSR count). The van der Waals surface area contributed by atoms with E-state index in [2.05, 4.69) is 4.72 Å². The number of carbonyl (C=O) groups is 1. The standard InChI is InChI=1S/C12H7ClN2O5S/c13-9-5-8(2-1-7(9)6-14)15-21(18,19)11-4-3-10(20-11)12(16)17/h1-5,15H,(H,16,17). The molecule has 108 valence electrons. The molecule has 1 aromatic heterocycles. The lowest BCUT2D eigenvalue weighted by Crippen LogP contribution is -2.12. The van der Waals surface area contributed by atoms with Gasteiger partial charge in [-0.05, 0) is 30.3 Å². The quantitative estimate of drug-likeness (QED) is 0.889. The first kappa shape index (κ1) is 14.9. The summed E-state index contributed by atoms with van der Waals surface area (Å²) in [5, 5.41) is 17.0. The van der Waals surface area contributed by atoms with Crippen LogP contribution in [0.4, 0.5) is 5.69 Å². The number of hydrogen-bond donors (Lipinski definition) is 2. The lowest BCUT2D eigenvalue weighted by atomic mass is 10.2. The van der Waals surface area contributed by atoms with Gasteiger partial charge in [0.2, 0.25) is 10.9 Å². The van der Waals surface area contributed by atoms with Gasteiger partial charge >= 0.3 is 5.97 Å². The number of aromatic carboxylic acids is 1. The second-order valence-corrected chi connectivity index (χ2v) is 5.86. The van der Waals surface area contributed by atoms with Crippen LogP contribution in [-0.4, -0.2) is 19.5 Å². The third-order valence-electron chi connectivity index (χ3n) is 2.40. The third-order valence-corrected chi connectivity index (χ3v) is 3.97. The number of nitriles is 1. The van der Waals surface area contributed by atoms with Crippen LogP contribution in [0.3, 0.4) is 0 Å². The van der Waals surface area contributed by atoms with Crippen LogP contribution >= 0.6 is 11.6 Å². The predicted molar refractivity (Wildman–Crippen MR) is 72.6 cm³/mol. The van der Waals surface area contributed by atoms with Gasteiger partial charge in [-0.1, -0.05) is 11.6 Å². The number of anilines is 1. The molecule has 2 aromatic rings. The molecule has 0 radical (unpaired) electrons. The van der Waals surface area contributed by atoms with E-state index in [4.69, 9.17) is 26.4 Å². The average Bonchev–Trinajstić information content (AvgIpc) is 2.89. The van der Waals surface area contributed by atoms with Crippen LogP contribution < -0.4 is 4.72 Å². The van der Waals surface area contributed by atoms with Gasteiger partial charge in [-0.25, -0.2) is 4.79 Å². The highest BCUT2D eigenvalue weighted by Crippen LogP contribution is 2.23. The van der Waals surface area contributed by atoms with Crippen molar-refractivity contribution in [1.29, 1.82) is 5.26 Å². The molecule has 7 nitrogen and oxygen atoms in total. The summed E-state index contributed by atoms with van der Waals surface area (Å²) in [5.41, 5.74) is 0.318. The maximum absolute atomic E-state index is 12.0. The number of sulfonamides is 1. The largest absolute Gasteiger partial charge is 0.475 e. The molecule has 1 aromatic carbocycles. The van der Waals surface area contributed by atoms with Gasteiger partial charge in [0, 0.05) is 0 Å². The van der Waals surface area contributed by atoms with E-state index in [0.717, 1.165) is 12.1 Å². The van der Waals surface area contributed by atoms with E-state index >= 15 is 0 Å². The van der Waals surface area contributed by atoms with Crippen molar-refractivity contribution < 1.29 is 22.7 Å². The number of carboxylic acids is 1. The molecule has 21 heavy (non-hydrogen) atoms. The van der Waals surface area contributed by atoms with Crippen LogP contribution in [0.5, 0.6) is 0 Å².